The third kappa shape index (κ3) is 4.77. The first kappa shape index (κ1) is 17.6. The van der Waals surface area contributed by atoms with Crippen molar-refractivity contribution in [2.75, 3.05) is 5.75 Å². The van der Waals surface area contributed by atoms with Crippen molar-refractivity contribution in [1.82, 2.24) is 14.9 Å². The molecule has 6 nitrogen and oxygen atoms in total. The number of hydrogen-bond acceptors (Lipinski definition) is 4. The Balaban J connectivity index is 3.07. The van der Waals surface area contributed by atoms with Crippen LogP contribution in [0.2, 0.25) is 0 Å². The van der Waals surface area contributed by atoms with E-state index in [-0.39, 0.29) is 23.6 Å². The zero-order chi connectivity index (χ0) is 16.2. The maximum Gasteiger partial charge on any atom is 0.313 e. The standard InChI is InChI=1S/C14H23N3O3S/c1-8(2)11-6-15-14(21-7-12(18)19)17(11)10(5)13(20)16-9(3)4/h6,8-10H,7H2,1-5H3,(H,16,20)(H,18,19). The molecule has 7 heteroatoms. The minimum atomic E-state index is -0.903. The number of imidazole rings is 1. The molecule has 0 aliphatic rings. The Hall–Kier alpha value is -1.50. The fourth-order valence-electron chi connectivity index (χ4n) is 1.93. The largest absolute Gasteiger partial charge is 0.481 e. The smallest absolute Gasteiger partial charge is 0.313 e. The number of nitrogens with zero attached hydrogens (tertiary/aromatic N) is 2. The summed E-state index contributed by atoms with van der Waals surface area (Å²) in [5, 5.41) is 12.2. The van der Waals surface area contributed by atoms with E-state index >= 15 is 0 Å². The summed E-state index contributed by atoms with van der Waals surface area (Å²) < 4.78 is 1.83. The van der Waals surface area contributed by atoms with E-state index in [0.29, 0.717) is 5.16 Å². The number of carboxylic acid groups (broad SMARTS) is 1. The molecule has 21 heavy (non-hydrogen) atoms. The van der Waals surface area contributed by atoms with E-state index in [0.717, 1.165) is 17.5 Å². The number of carbonyl (C=O) groups is 2. The van der Waals surface area contributed by atoms with E-state index < -0.39 is 12.0 Å². The van der Waals surface area contributed by atoms with Gasteiger partial charge in [-0.2, -0.15) is 0 Å². The van der Waals surface area contributed by atoms with Crippen molar-refractivity contribution in [3.8, 4) is 0 Å². The average Bonchev–Trinajstić information content (AvgIpc) is 2.78. The van der Waals surface area contributed by atoms with Gasteiger partial charge < -0.3 is 15.0 Å². The second-order valence-electron chi connectivity index (χ2n) is 5.51. The molecule has 0 saturated carbocycles. The van der Waals surface area contributed by atoms with Gasteiger partial charge in [0.15, 0.2) is 5.16 Å². The zero-order valence-electron chi connectivity index (χ0n) is 13.1. The van der Waals surface area contributed by atoms with Gasteiger partial charge in [-0.05, 0) is 26.7 Å². The van der Waals surface area contributed by atoms with E-state index in [1.165, 1.54) is 0 Å². The van der Waals surface area contributed by atoms with E-state index in [2.05, 4.69) is 10.3 Å². The number of amides is 1. The topological polar surface area (TPSA) is 84.2 Å². The molecule has 1 atom stereocenters. The summed E-state index contributed by atoms with van der Waals surface area (Å²) in [6.45, 7) is 9.65. The summed E-state index contributed by atoms with van der Waals surface area (Å²) in [5.41, 5.74) is 0.925. The van der Waals surface area contributed by atoms with Crippen LogP contribution in [0, 0.1) is 0 Å². The summed E-state index contributed by atoms with van der Waals surface area (Å²) in [4.78, 5) is 27.2. The molecule has 1 aromatic rings. The van der Waals surface area contributed by atoms with Gasteiger partial charge in [0.05, 0.1) is 5.75 Å². The predicted octanol–water partition coefficient (Wildman–Crippen LogP) is 2.27. The first-order valence-corrected chi connectivity index (χ1v) is 7.94. The Bertz CT molecular complexity index is 512. The molecule has 0 saturated heterocycles. The molecule has 118 valence electrons. The minimum absolute atomic E-state index is 0.0566. The fraction of sp³-hybridized carbons (Fsp3) is 0.643. The summed E-state index contributed by atoms with van der Waals surface area (Å²) in [5.74, 6) is -0.874. The first-order chi connectivity index (χ1) is 9.73. The van der Waals surface area contributed by atoms with E-state index in [4.69, 9.17) is 5.11 Å². The fourth-order valence-corrected chi connectivity index (χ4v) is 2.71. The van der Waals surface area contributed by atoms with Gasteiger partial charge in [-0.1, -0.05) is 25.6 Å². The Morgan fingerprint density at radius 3 is 2.43 bits per heavy atom. The van der Waals surface area contributed by atoms with Gasteiger partial charge in [0.25, 0.3) is 0 Å². The van der Waals surface area contributed by atoms with Crippen LogP contribution >= 0.6 is 11.8 Å². The van der Waals surface area contributed by atoms with E-state index in [1.807, 2.05) is 32.3 Å². The zero-order valence-corrected chi connectivity index (χ0v) is 13.9. The van der Waals surface area contributed by atoms with Crippen LogP contribution in [0.5, 0.6) is 0 Å². The van der Waals surface area contributed by atoms with Crippen LogP contribution in [0.3, 0.4) is 0 Å². The second kappa shape index (κ2) is 7.49. The summed E-state index contributed by atoms with van der Waals surface area (Å²) >= 11 is 1.13. The maximum atomic E-state index is 12.2. The monoisotopic (exact) mass is 313 g/mol. The number of thioether (sulfide) groups is 1. The van der Waals surface area contributed by atoms with Crippen LogP contribution in [0.1, 0.15) is 52.3 Å². The number of rotatable bonds is 7. The lowest BCUT2D eigenvalue weighted by atomic mass is 10.1. The van der Waals surface area contributed by atoms with Crippen LogP contribution in [0.25, 0.3) is 0 Å². The van der Waals surface area contributed by atoms with Crippen molar-refractivity contribution in [3.63, 3.8) is 0 Å². The van der Waals surface area contributed by atoms with Crippen molar-refractivity contribution in [3.05, 3.63) is 11.9 Å². The molecule has 1 amide bonds. The van der Waals surface area contributed by atoms with Gasteiger partial charge in [0.1, 0.15) is 6.04 Å². The number of aliphatic carboxylic acids is 1. The SMILES string of the molecule is CC(C)NC(=O)C(C)n1c(C(C)C)cnc1SCC(=O)O. The number of carboxylic acids is 1. The van der Waals surface area contributed by atoms with Crippen molar-refractivity contribution < 1.29 is 14.7 Å². The molecule has 1 rings (SSSR count). The molecule has 0 spiro atoms. The minimum Gasteiger partial charge on any atom is -0.481 e. The first-order valence-electron chi connectivity index (χ1n) is 6.96. The lowest BCUT2D eigenvalue weighted by molar-refractivity contribution is -0.134. The normalized spacial score (nSPS) is 12.7. The number of nitrogens with one attached hydrogen (secondary N) is 1. The number of aromatic nitrogens is 2. The molecule has 0 radical (unpaired) electrons. The van der Waals surface area contributed by atoms with Crippen molar-refractivity contribution in [2.24, 2.45) is 0 Å². The van der Waals surface area contributed by atoms with Crippen LogP contribution in [0.15, 0.2) is 11.4 Å². The van der Waals surface area contributed by atoms with Crippen molar-refractivity contribution >= 4 is 23.6 Å². The van der Waals surface area contributed by atoms with Gasteiger partial charge in [0, 0.05) is 17.9 Å². The highest BCUT2D eigenvalue weighted by atomic mass is 32.2. The Labute approximate surface area is 129 Å². The molecule has 1 heterocycles. The molecule has 1 aromatic heterocycles. The number of hydrogen-bond donors (Lipinski definition) is 2. The Morgan fingerprint density at radius 1 is 1.33 bits per heavy atom. The van der Waals surface area contributed by atoms with Crippen LogP contribution in [0.4, 0.5) is 0 Å². The van der Waals surface area contributed by atoms with Crippen molar-refractivity contribution in [1.29, 1.82) is 0 Å². The lowest BCUT2D eigenvalue weighted by Crippen LogP contribution is -2.36. The van der Waals surface area contributed by atoms with Gasteiger partial charge in [-0.15, -0.1) is 0 Å². The highest BCUT2D eigenvalue weighted by Crippen LogP contribution is 2.27. The molecule has 2 N–H and O–H groups in total. The van der Waals surface area contributed by atoms with E-state index in [9.17, 15) is 9.59 Å². The third-order valence-corrected chi connectivity index (χ3v) is 3.86. The summed E-state index contributed by atoms with van der Waals surface area (Å²) in [7, 11) is 0. The maximum absolute atomic E-state index is 12.2. The van der Waals surface area contributed by atoms with Gasteiger partial charge >= 0.3 is 5.97 Å². The molecular formula is C14H23N3O3S. The highest BCUT2D eigenvalue weighted by molar-refractivity contribution is 7.99. The Morgan fingerprint density at radius 2 is 1.95 bits per heavy atom. The van der Waals surface area contributed by atoms with Gasteiger partial charge in [-0.3, -0.25) is 9.59 Å². The predicted molar refractivity (Wildman–Crippen MR) is 82.7 cm³/mol. The lowest BCUT2D eigenvalue weighted by Gasteiger charge is -2.21. The summed E-state index contributed by atoms with van der Waals surface area (Å²) in [6.07, 6.45) is 1.72. The number of carbonyl (C=O) groups excluding carboxylic acids is 1. The van der Waals surface area contributed by atoms with Crippen LogP contribution < -0.4 is 5.32 Å². The van der Waals surface area contributed by atoms with Gasteiger partial charge in [-0.25, -0.2) is 4.98 Å². The van der Waals surface area contributed by atoms with E-state index in [1.54, 1.807) is 13.1 Å². The van der Waals surface area contributed by atoms with Crippen molar-refractivity contribution in [2.45, 2.75) is 57.8 Å². The van der Waals surface area contributed by atoms with Crippen LogP contribution in [-0.4, -0.2) is 38.3 Å². The molecular weight excluding hydrogens is 290 g/mol. The molecule has 0 aliphatic carbocycles. The Kier molecular flexibility index (Phi) is 6.26. The highest BCUT2D eigenvalue weighted by Gasteiger charge is 2.23. The third-order valence-electron chi connectivity index (χ3n) is 2.91. The van der Waals surface area contributed by atoms with Gasteiger partial charge in [0.2, 0.25) is 5.91 Å². The molecule has 0 bridgehead atoms. The molecule has 0 aromatic carbocycles. The molecule has 0 fully saturated rings. The summed E-state index contributed by atoms with van der Waals surface area (Å²) in [6, 6.07) is -0.371. The molecule has 0 aliphatic heterocycles. The second-order valence-corrected chi connectivity index (χ2v) is 6.45. The molecule has 1 unspecified atom stereocenters. The quantitative estimate of drug-likeness (QED) is 0.754. The average molecular weight is 313 g/mol. The van der Waals surface area contributed by atoms with Crippen LogP contribution in [-0.2, 0) is 9.59 Å².